The van der Waals surface area contributed by atoms with E-state index in [1.165, 1.54) is 7.11 Å². The highest BCUT2D eigenvalue weighted by Gasteiger charge is 2.16. The molecule has 0 aliphatic carbocycles. The lowest BCUT2D eigenvalue weighted by atomic mass is 10.1. The second-order valence-electron chi connectivity index (χ2n) is 3.16. The van der Waals surface area contributed by atoms with Gasteiger partial charge < -0.3 is 10.1 Å². The molecule has 0 aromatic rings. The first-order valence-electron chi connectivity index (χ1n) is 5.06. The van der Waals surface area contributed by atoms with Crippen molar-refractivity contribution in [1.82, 2.24) is 5.32 Å². The second kappa shape index (κ2) is 9.34. The SMILES string of the molecule is CCCCC(NCCSC)C(=O)OC. The number of nitrogens with one attached hydrogen (secondary N) is 1. The predicted octanol–water partition coefficient (Wildman–Crippen LogP) is 1.67. The number of carbonyl (C=O) groups excluding carboxylic acids is 1. The summed E-state index contributed by atoms with van der Waals surface area (Å²) in [4.78, 5) is 11.3. The number of esters is 1. The number of unbranched alkanes of at least 4 members (excludes halogenated alkanes) is 1. The van der Waals surface area contributed by atoms with E-state index in [9.17, 15) is 4.79 Å². The van der Waals surface area contributed by atoms with Gasteiger partial charge in [0.25, 0.3) is 0 Å². The summed E-state index contributed by atoms with van der Waals surface area (Å²) in [6.07, 6.45) is 5.10. The third-order valence-electron chi connectivity index (χ3n) is 2.03. The largest absolute Gasteiger partial charge is 0.468 e. The molecule has 0 aromatic carbocycles. The second-order valence-corrected chi connectivity index (χ2v) is 4.15. The van der Waals surface area contributed by atoms with Gasteiger partial charge in [-0.25, -0.2) is 0 Å². The molecule has 0 heterocycles. The average molecular weight is 219 g/mol. The maximum atomic E-state index is 11.3. The van der Waals surface area contributed by atoms with Crippen LogP contribution in [0.3, 0.4) is 0 Å². The Labute approximate surface area is 91.0 Å². The number of rotatable bonds is 8. The molecule has 1 unspecified atom stereocenters. The molecule has 0 saturated carbocycles. The molecular weight excluding hydrogens is 198 g/mol. The van der Waals surface area contributed by atoms with Gasteiger partial charge in [-0.3, -0.25) is 4.79 Å². The topological polar surface area (TPSA) is 38.3 Å². The highest BCUT2D eigenvalue weighted by atomic mass is 32.2. The van der Waals surface area contributed by atoms with E-state index in [1.54, 1.807) is 11.8 Å². The van der Waals surface area contributed by atoms with Crippen LogP contribution < -0.4 is 5.32 Å². The van der Waals surface area contributed by atoms with Gasteiger partial charge in [0.05, 0.1) is 7.11 Å². The van der Waals surface area contributed by atoms with Gasteiger partial charge in [0.15, 0.2) is 0 Å². The third-order valence-corrected chi connectivity index (χ3v) is 2.64. The maximum Gasteiger partial charge on any atom is 0.322 e. The molecule has 0 radical (unpaired) electrons. The summed E-state index contributed by atoms with van der Waals surface area (Å²) in [5.74, 6) is 0.888. The minimum atomic E-state index is -0.139. The lowest BCUT2D eigenvalue weighted by Crippen LogP contribution is -2.38. The number of carbonyl (C=O) groups is 1. The van der Waals surface area contributed by atoms with Crippen LogP contribution in [0.4, 0.5) is 0 Å². The van der Waals surface area contributed by atoms with Crippen molar-refractivity contribution >= 4 is 17.7 Å². The number of methoxy groups -OCH3 is 1. The van der Waals surface area contributed by atoms with Crippen LogP contribution in [-0.4, -0.2) is 37.7 Å². The van der Waals surface area contributed by atoms with E-state index in [4.69, 9.17) is 4.74 Å². The van der Waals surface area contributed by atoms with Crippen LogP contribution in [-0.2, 0) is 9.53 Å². The molecule has 0 aliphatic heterocycles. The smallest absolute Gasteiger partial charge is 0.322 e. The predicted molar refractivity (Wildman–Crippen MR) is 61.7 cm³/mol. The molecule has 0 saturated heterocycles. The molecule has 0 spiro atoms. The molecule has 14 heavy (non-hydrogen) atoms. The van der Waals surface area contributed by atoms with E-state index in [1.807, 2.05) is 0 Å². The lowest BCUT2D eigenvalue weighted by molar-refractivity contribution is -0.143. The van der Waals surface area contributed by atoms with E-state index < -0.39 is 0 Å². The molecule has 0 amide bonds. The van der Waals surface area contributed by atoms with Gasteiger partial charge in [0.1, 0.15) is 6.04 Å². The molecule has 1 N–H and O–H groups in total. The summed E-state index contributed by atoms with van der Waals surface area (Å²) in [5.41, 5.74) is 0. The Morgan fingerprint density at radius 3 is 2.79 bits per heavy atom. The first-order valence-corrected chi connectivity index (χ1v) is 6.45. The van der Waals surface area contributed by atoms with Crippen LogP contribution >= 0.6 is 11.8 Å². The average Bonchev–Trinajstić information content (AvgIpc) is 2.22. The Morgan fingerprint density at radius 2 is 2.29 bits per heavy atom. The van der Waals surface area contributed by atoms with Crippen LogP contribution in [0, 0.1) is 0 Å². The minimum absolute atomic E-state index is 0.118. The van der Waals surface area contributed by atoms with Crippen LogP contribution in [0.15, 0.2) is 0 Å². The Hall–Kier alpha value is -0.220. The zero-order chi connectivity index (χ0) is 10.8. The summed E-state index contributed by atoms with van der Waals surface area (Å²) in [7, 11) is 1.44. The first-order chi connectivity index (χ1) is 6.76. The van der Waals surface area contributed by atoms with Crippen LogP contribution in [0.5, 0.6) is 0 Å². The molecule has 4 heteroatoms. The van der Waals surface area contributed by atoms with E-state index in [-0.39, 0.29) is 12.0 Å². The van der Waals surface area contributed by atoms with Gasteiger partial charge in [-0.15, -0.1) is 0 Å². The van der Waals surface area contributed by atoms with Crippen molar-refractivity contribution in [3.63, 3.8) is 0 Å². The third kappa shape index (κ3) is 6.27. The van der Waals surface area contributed by atoms with Gasteiger partial charge >= 0.3 is 5.97 Å². The van der Waals surface area contributed by atoms with Crippen molar-refractivity contribution in [3.05, 3.63) is 0 Å². The summed E-state index contributed by atoms with van der Waals surface area (Å²) in [5, 5.41) is 3.21. The van der Waals surface area contributed by atoms with Gasteiger partial charge in [-0.05, 0) is 12.7 Å². The Bertz CT molecular complexity index is 153. The molecule has 0 rings (SSSR count). The van der Waals surface area contributed by atoms with E-state index in [0.29, 0.717) is 0 Å². The standard InChI is InChI=1S/C10H21NO2S/c1-4-5-6-9(10(12)13-2)11-7-8-14-3/h9,11H,4-8H2,1-3H3. The van der Waals surface area contributed by atoms with Gasteiger partial charge in [0, 0.05) is 12.3 Å². The normalized spacial score (nSPS) is 12.5. The van der Waals surface area contributed by atoms with Crippen LogP contribution in [0.1, 0.15) is 26.2 Å². The van der Waals surface area contributed by atoms with Crippen molar-refractivity contribution in [2.75, 3.05) is 25.7 Å². The van der Waals surface area contributed by atoms with Gasteiger partial charge in [-0.2, -0.15) is 11.8 Å². The lowest BCUT2D eigenvalue weighted by Gasteiger charge is -2.15. The summed E-state index contributed by atoms with van der Waals surface area (Å²) < 4.78 is 4.73. The number of thioether (sulfide) groups is 1. The molecule has 3 nitrogen and oxygen atoms in total. The molecule has 0 aromatic heterocycles. The fraction of sp³-hybridized carbons (Fsp3) is 0.900. The Balaban J connectivity index is 3.78. The quantitative estimate of drug-likeness (QED) is 0.498. The number of ether oxygens (including phenoxy) is 1. The summed E-state index contributed by atoms with van der Waals surface area (Å²) in [6, 6.07) is -0.118. The molecular formula is C10H21NO2S. The molecule has 0 bridgehead atoms. The van der Waals surface area contributed by atoms with E-state index in [2.05, 4.69) is 18.5 Å². The number of hydrogen-bond donors (Lipinski definition) is 1. The molecule has 84 valence electrons. The highest BCUT2D eigenvalue weighted by molar-refractivity contribution is 7.98. The Morgan fingerprint density at radius 1 is 1.57 bits per heavy atom. The minimum Gasteiger partial charge on any atom is -0.468 e. The zero-order valence-electron chi connectivity index (χ0n) is 9.34. The first kappa shape index (κ1) is 13.8. The number of hydrogen-bond acceptors (Lipinski definition) is 4. The highest BCUT2D eigenvalue weighted by Crippen LogP contribution is 2.02. The fourth-order valence-electron chi connectivity index (χ4n) is 1.19. The fourth-order valence-corrected chi connectivity index (χ4v) is 1.51. The van der Waals surface area contributed by atoms with E-state index in [0.717, 1.165) is 31.6 Å². The summed E-state index contributed by atoms with van der Waals surface area (Å²) in [6.45, 7) is 2.99. The molecule has 0 aliphatic rings. The van der Waals surface area contributed by atoms with Gasteiger partial charge in [0.2, 0.25) is 0 Å². The van der Waals surface area contributed by atoms with Crippen molar-refractivity contribution < 1.29 is 9.53 Å². The van der Waals surface area contributed by atoms with E-state index >= 15 is 0 Å². The monoisotopic (exact) mass is 219 g/mol. The molecule has 1 atom stereocenters. The van der Waals surface area contributed by atoms with Crippen molar-refractivity contribution in [2.45, 2.75) is 32.2 Å². The van der Waals surface area contributed by atoms with Gasteiger partial charge in [-0.1, -0.05) is 19.8 Å². The van der Waals surface area contributed by atoms with Crippen molar-refractivity contribution in [2.24, 2.45) is 0 Å². The van der Waals surface area contributed by atoms with Crippen LogP contribution in [0.2, 0.25) is 0 Å². The maximum absolute atomic E-state index is 11.3. The van der Waals surface area contributed by atoms with Crippen molar-refractivity contribution in [1.29, 1.82) is 0 Å². The van der Waals surface area contributed by atoms with Crippen molar-refractivity contribution in [3.8, 4) is 0 Å². The van der Waals surface area contributed by atoms with Crippen LogP contribution in [0.25, 0.3) is 0 Å². The molecule has 0 fully saturated rings. The Kier molecular flexibility index (Phi) is 9.19. The summed E-state index contributed by atoms with van der Waals surface area (Å²) >= 11 is 1.77. The zero-order valence-corrected chi connectivity index (χ0v) is 10.2.